The van der Waals surface area contributed by atoms with E-state index in [2.05, 4.69) is 43.5 Å². The average Bonchev–Trinajstić information content (AvgIpc) is 2.81. The van der Waals surface area contributed by atoms with Crippen molar-refractivity contribution in [1.29, 1.82) is 0 Å². The number of fused-ring (bicyclic) bond motifs is 1. The molecule has 4 heteroatoms. The molecule has 1 amide bonds. The maximum atomic E-state index is 12.2. The first-order valence-electron chi connectivity index (χ1n) is 7.17. The number of anilines is 1. The van der Waals surface area contributed by atoms with Crippen molar-refractivity contribution in [1.82, 2.24) is 10.2 Å². The maximum absolute atomic E-state index is 12.2. The number of hydrogen-bond acceptors (Lipinski definition) is 3. The largest absolute Gasteiger partial charge is 0.384 e. The van der Waals surface area contributed by atoms with Gasteiger partial charge in [-0.25, -0.2) is 0 Å². The zero-order valence-electron chi connectivity index (χ0n) is 12.9. The summed E-state index contributed by atoms with van der Waals surface area (Å²) in [7, 11) is 4.11. The second-order valence-corrected chi connectivity index (χ2v) is 6.63. The lowest BCUT2D eigenvalue weighted by molar-refractivity contribution is 0.0929. The number of rotatable bonds is 5. The van der Waals surface area contributed by atoms with E-state index in [0.29, 0.717) is 6.54 Å². The van der Waals surface area contributed by atoms with Gasteiger partial charge in [-0.05, 0) is 49.7 Å². The maximum Gasteiger partial charge on any atom is 0.251 e. The highest BCUT2D eigenvalue weighted by Gasteiger charge is 2.20. The molecule has 1 aromatic rings. The van der Waals surface area contributed by atoms with Crippen molar-refractivity contribution in [2.75, 3.05) is 39.0 Å². The highest BCUT2D eigenvalue weighted by molar-refractivity contribution is 5.95. The summed E-state index contributed by atoms with van der Waals surface area (Å²) < 4.78 is 0. The molecule has 1 aliphatic heterocycles. The van der Waals surface area contributed by atoms with Gasteiger partial charge < -0.3 is 15.5 Å². The Bertz CT molecular complexity index is 494. The van der Waals surface area contributed by atoms with E-state index in [1.54, 1.807) is 0 Å². The van der Waals surface area contributed by atoms with Crippen LogP contribution in [0.3, 0.4) is 0 Å². The molecule has 0 atom stereocenters. The van der Waals surface area contributed by atoms with Crippen molar-refractivity contribution >= 4 is 11.6 Å². The Kier molecular flexibility index (Phi) is 4.33. The van der Waals surface area contributed by atoms with Crippen molar-refractivity contribution < 1.29 is 4.79 Å². The standard InChI is InChI=1S/C16H25N3O/c1-16(2,11-19(3)4)10-18-15(20)13-5-6-14-12(9-13)7-8-17-14/h5-6,9,17H,7-8,10-11H2,1-4H3,(H,18,20). The van der Waals surface area contributed by atoms with Gasteiger partial charge in [0.05, 0.1) is 0 Å². The Hall–Kier alpha value is -1.55. The normalized spacial score (nSPS) is 14.1. The molecular formula is C16H25N3O. The molecule has 0 bridgehead atoms. The first-order valence-corrected chi connectivity index (χ1v) is 7.17. The van der Waals surface area contributed by atoms with E-state index < -0.39 is 0 Å². The number of carbonyl (C=O) groups excluding carboxylic acids is 1. The topological polar surface area (TPSA) is 44.4 Å². The lowest BCUT2D eigenvalue weighted by atomic mass is 9.93. The molecule has 4 nitrogen and oxygen atoms in total. The van der Waals surface area contributed by atoms with Gasteiger partial charge in [0.15, 0.2) is 0 Å². The zero-order valence-corrected chi connectivity index (χ0v) is 12.9. The third-order valence-corrected chi connectivity index (χ3v) is 3.55. The number of amides is 1. The van der Waals surface area contributed by atoms with Gasteiger partial charge in [-0.2, -0.15) is 0 Å². The molecule has 110 valence electrons. The van der Waals surface area contributed by atoms with E-state index in [1.807, 2.05) is 18.2 Å². The molecule has 2 rings (SSSR count). The van der Waals surface area contributed by atoms with Crippen LogP contribution in [-0.4, -0.2) is 44.5 Å². The summed E-state index contributed by atoms with van der Waals surface area (Å²) >= 11 is 0. The molecule has 1 aromatic carbocycles. The summed E-state index contributed by atoms with van der Waals surface area (Å²) in [4.78, 5) is 14.4. The second kappa shape index (κ2) is 5.83. The molecule has 2 N–H and O–H groups in total. The van der Waals surface area contributed by atoms with Gasteiger partial charge in [-0.15, -0.1) is 0 Å². The van der Waals surface area contributed by atoms with Crippen LogP contribution in [0.4, 0.5) is 5.69 Å². The Balaban J connectivity index is 1.95. The lowest BCUT2D eigenvalue weighted by Gasteiger charge is -2.28. The first-order chi connectivity index (χ1) is 9.37. The van der Waals surface area contributed by atoms with Crippen molar-refractivity contribution in [3.63, 3.8) is 0 Å². The fourth-order valence-corrected chi connectivity index (χ4v) is 2.78. The Labute approximate surface area is 121 Å². The van der Waals surface area contributed by atoms with Crippen LogP contribution in [0.2, 0.25) is 0 Å². The summed E-state index contributed by atoms with van der Waals surface area (Å²) in [6, 6.07) is 5.90. The van der Waals surface area contributed by atoms with Crippen LogP contribution >= 0.6 is 0 Å². The summed E-state index contributed by atoms with van der Waals surface area (Å²) in [5.41, 5.74) is 3.23. The third-order valence-electron chi connectivity index (χ3n) is 3.55. The molecule has 0 saturated carbocycles. The van der Waals surface area contributed by atoms with Crippen LogP contribution in [-0.2, 0) is 6.42 Å². The molecule has 0 radical (unpaired) electrons. The molecular weight excluding hydrogens is 250 g/mol. The Morgan fingerprint density at radius 1 is 1.40 bits per heavy atom. The van der Waals surface area contributed by atoms with Gasteiger partial charge in [-0.3, -0.25) is 4.79 Å². The minimum Gasteiger partial charge on any atom is -0.384 e. The molecule has 0 fully saturated rings. The van der Waals surface area contributed by atoms with Gasteiger partial charge >= 0.3 is 0 Å². The summed E-state index contributed by atoms with van der Waals surface area (Å²) in [5, 5.41) is 6.36. The molecule has 20 heavy (non-hydrogen) atoms. The Morgan fingerprint density at radius 2 is 2.15 bits per heavy atom. The smallest absolute Gasteiger partial charge is 0.251 e. The van der Waals surface area contributed by atoms with E-state index in [4.69, 9.17) is 0 Å². The van der Waals surface area contributed by atoms with Gasteiger partial charge in [0, 0.05) is 30.9 Å². The van der Waals surface area contributed by atoms with Crippen molar-refractivity contribution in [2.45, 2.75) is 20.3 Å². The molecule has 0 aromatic heterocycles. The van der Waals surface area contributed by atoms with Gasteiger partial charge in [0.25, 0.3) is 5.91 Å². The van der Waals surface area contributed by atoms with Crippen LogP contribution in [0.5, 0.6) is 0 Å². The molecule has 1 heterocycles. The Morgan fingerprint density at radius 3 is 2.85 bits per heavy atom. The highest BCUT2D eigenvalue weighted by Crippen LogP contribution is 2.23. The monoisotopic (exact) mass is 275 g/mol. The highest BCUT2D eigenvalue weighted by atomic mass is 16.1. The van der Waals surface area contributed by atoms with Crippen molar-refractivity contribution in [2.24, 2.45) is 5.41 Å². The zero-order chi connectivity index (χ0) is 14.8. The first kappa shape index (κ1) is 14.9. The molecule has 0 aliphatic carbocycles. The van der Waals surface area contributed by atoms with Gasteiger partial charge in [0.2, 0.25) is 0 Å². The number of nitrogens with one attached hydrogen (secondary N) is 2. The van der Waals surface area contributed by atoms with Crippen LogP contribution in [0, 0.1) is 5.41 Å². The van der Waals surface area contributed by atoms with Crippen LogP contribution in [0.1, 0.15) is 29.8 Å². The number of hydrogen-bond donors (Lipinski definition) is 2. The fraction of sp³-hybridized carbons (Fsp3) is 0.562. The van der Waals surface area contributed by atoms with E-state index in [9.17, 15) is 4.79 Å². The van der Waals surface area contributed by atoms with Gasteiger partial charge in [0.1, 0.15) is 0 Å². The second-order valence-electron chi connectivity index (χ2n) is 6.63. The van der Waals surface area contributed by atoms with E-state index in [-0.39, 0.29) is 11.3 Å². The SMILES string of the molecule is CN(C)CC(C)(C)CNC(=O)c1ccc2c(c1)CCN2. The van der Waals surface area contributed by atoms with Gasteiger partial charge in [-0.1, -0.05) is 13.8 Å². The molecule has 1 aliphatic rings. The van der Waals surface area contributed by atoms with E-state index in [1.165, 1.54) is 5.56 Å². The predicted molar refractivity (Wildman–Crippen MR) is 83.3 cm³/mol. The van der Waals surface area contributed by atoms with Crippen LogP contribution in [0.25, 0.3) is 0 Å². The third kappa shape index (κ3) is 3.73. The number of nitrogens with zero attached hydrogens (tertiary/aromatic N) is 1. The molecule has 0 spiro atoms. The molecule has 0 saturated heterocycles. The van der Waals surface area contributed by atoms with E-state index in [0.717, 1.165) is 30.8 Å². The number of benzene rings is 1. The van der Waals surface area contributed by atoms with Crippen molar-refractivity contribution in [3.05, 3.63) is 29.3 Å². The quantitative estimate of drug-likeness (QED) is 0.863. The predicted octanol–water partition coefficient (Wildman–Crippen LogP) is 1.97. The molecule has 0 unspecified atom stereocenters. The lowest BCUT2D eigenvalue weighted by Crippen LogP contribution is -2.39. The van der Waals surface area contributed by atoms with E-state index >= 15 is 0 Å². The minimum absolute atomic E-state index is 0.0199. The number of carbonyl (C=O) groups is 1. The fourth-order valence-electron chi connectivity index (χ4n) is 2.78. The average molecular weight is 275 g/mol. The summed E-state index contributed by atoms with van der Waals surface area (Å²) in [6.45, 7) is 6.93. The minimum atomic E-state index is 0.0199. The summed E-state index contributed by atoms with van der Waals surface area (Å²) in [5.74, 6) is 0.0199. The summed E-state index contributed by atoms with van der Waals surface area (Å²) in [6.07, 6.45) is 1.00. The van der Waals surface area contributed by atoms with Crippen molar-refractivity contribution in [3.8, 4) is 0 Å². The van der Waals surface area contributed by atoms with Crippen LogP contribution in [0.15, 0.2) is 18.2 Å². The van der Waals surface area contributed by atoms with Crippen LogP contribution < -0.4 is 10.6 Å².